The van der Waals surface area contributed by atoms with Crippen molar-refractivity contribution in [2.75, 3.05) is 6.61 Å². The number of hydrogen-bond donors (Lipinski definition) is 3. The third kappa shape index (κ3) is 43.7. The van der Waals surface area contributed by atoms with Crippen molar-refractivity contribution in [2.45, 2.75) is 257 Å². The second-order valence-corrected chi connectivity index (χ2v) is 17.3. The number of carbonyl (C=O) groups is 2. The molecule has 0 aliphatic heterocycles. The van der Waals surface area contributed by atoms with Crippen LogP contribution in [0.2, 0.25) is 0 Å². The van der Waals surface area contributed by atoms with Gasteiger partial charge >= 0.3 is 5.97 Å². The Hall–Kier alpha value is -2.70. The van der Waals surface area contributed by atoms with E-state index in [1.54, 1.807) is 0 Å². The fourth-order valence-electron chi connectivity index (χ4n) is 7.47. The molecule has 352 valence electrons. The van der Waals surface area contributed by atoms with Crippen molar-refractivity contribution in [1.82, 2.24) is 5.32 Å². The van der Waals surface area contributed by atoms with Gasteiger partial charge in [-0.05, 0) is 77.0 Å². The van der Waals surface area contributed by atoms with Gasteiger partial charge in [-0.1, -0.05) is 222 Å². The maximum Gasteiger partial charge on any atom is 0.306 e. The van der Waals surface area contributed by atoms with Crippen molar-refractivity contribution in [3.8, 4) is 0 Å². The van der Waals surface area contributed by atoms with Gasteiger partial charge in [0.05, 0.1) is 25.2 Å². The lowest BCUT2D eigenvalue weighted by Gasteiger charge is -2.24. The number of amides is 1. The Morgan fingerprint density at radius 3 is 1.51 bits per heavy atom. The molecule has 0 spiro atoms. The minimum absolute atomic E-state index is 0.0598. The van der Waals surface area contributed by atoms with Crippen molar-refractivity contribution < 1.29 is 24.5 Å². The summed E-state index contributed by atoms with van der Waals surface area (Å²) in [6.45, 7) is 6.30. The summed E-state index contributed by atoms with van der Waals surface area (Å²) in [5, 5.41) is 23.7. The molecule has 6 nitrogen and oxygen atoms in total. The Bertz CT molecular complexity index is 1140. The van der Waals surface area contributed by atoms with Gasteiger partial charge in [-0.3, -0.25) is 9.59 Å². The molecule has 0 bridgehead atoms. The summed E-state index contributed by atoms with van der Waals surface area (Å²) < 4.78 is 5.92. The van der Waals surface area contributed by atoms with Crippen LogP contribution in [0.1, 0.15) is 239 Å². The van der Waals surface area contributed by atoms with Crippen LogP contribution in [0.25, 0.3) is 0 Å². The Kier molecular flexibility index (Phi) is 46.2. The predicted molar refractivity (Wildman–Crippen MR) is 264 cm³/mol. The minimum Gasteiger partial charge on any atom is -0.462 e. The summed E-state index contributed by atoms with van der Waals surface area (Å²) in [6, 6.07) is -0.711. The number of hydrogen-bond acceptors (Lipinski definition) is 5. The van der Waals surface area contributed by atoms with Crippen LogP contribution in [-0.2, 0) is 14.3 Å². The van der Waals surface area contributed by atoms with Crippen LogP contribution in [-0.4, -0.2) is 46.9 Å². The maximum atomic E-state index is 13.2. The van der Waals surface area contributed by atoms with Gasteiger partial charge in [-0.25, -0.2) is 0 Å². The highest BCUT2D eigenvalue weighted by Gasteiger charge is 2.24. The minimum atomic E-state index is -0.796. The summed E-state index contributed by atoms with van der Waals surface area (Å²) in [5.41, 5.74) is 0. The smallest absolute Gasteiger partial charge is 0.306 e. The molecule has 0 radical (unpaired) electrons. The van der Waals surface area contributed by atoms with Crippen molar-refractivity contribution in [2.24, 2.45) is 0 Å². The highest BCUT2D eigenvalue weighted by Crippen LogP contribution is 2.18. The fraction of sp³-hybridized carbons (Fsp3) is 0.745. The van der Waals surface area contributed by atoms with Crippen LogP contribution in [0, 0.1) is 0 Å². The summed E-state index contributed by atoms with van der Waals surface area (Å²) in [6.07, 6.45) is 61.0. The number of ether oxygens (including phenoxy) is 1. The number of unbranched alkanes of at least 4 members (excludes halogenated alkanes) is 24. The lowest BCUT2D eigenvalue weighted by Crippen LogP contribution is -2.46. The van der Waals surface area contributed by atoms with E-state index in [9.17, 15) is 19.8 Å². The molecular formula is C55H97NO5. The molecule has 0 aromatic rings. The standard InChI is InChI=1S/C55H97NO5/c1-4-7-10-13-16-19-22-24-26-27-29-30-32-34-37-40-43-46-51(61-55(60)48-45-42-39-36-33-31-28-25-23-20-17-14-11-8-5-2)49-54(59)56-52(50-57)53(58)47-44-41-38-35-21-18-15-12-9-6-3/h8,11,14,16-17,19-20,23-26,28,51-53,57-58H,4-7,9-10,12-13,15,18,21-22,27,29-50H2,1-3H3,(H,56,59)/b11-8+,17-14+,19-16-,23-20+,26-24-,28-25-. The second kappa shape index (κ2) is 48.3. The van der Waals surface area contributed by atoms with Gasteiger partial charge in [0.25, 0.3) is 0 Å². The van der Waals surface area contributed by atoms with E-state index in [0.29, 0.717) is 19.3 Å². The van der Waals surface area contributed by atoms with Gasteiger partial charge in [-0.15, -0.1) is 0 Å². The highest BCUT2D eigenvalue weighted by molar-refractivity contribution is 5.77. The highest BCUT2D eigenvalue weighted by atomic mass is 16.5. The van der Waals surface area contributed by atoms with E-state index < -0.39 is 18.2 Å². The molecule has 3 N–H and O–H groups in total. The largest absolute Gasteiger partial charge is 0.462 e. The van der Waals surface area contributed by atoms with Crippen LogP contribution in [0.15, 0.2) is 72.9 Å². The lowest BCUT2D eigenvalue weighted by atomic mass is 10.0. The quantitative estimate of drug-likeness (QED) is 0.0245. The summed E-state index contributed by atoms with van der Waals surface area (Å²) in [4.78, 5) is 26.1. The van der Waals surface area contributed by atoms with Gasteiger partial charge in [0.1, 0.15) is 6.10 Å². The number of aliphatic hydroxyl groups excluding tert-OH is 2. The Morgan fingerprint density at radius 1 is 0.508 bits per heavy atom. The molecule has 3 unspecified atom stereocenters. The molecule has 0 saturated carbocycles. The molecule has 0 aromatic carbocycles. The normalized spacial score (nSPS) is 13.9. The molecule has 3 atom stereocenters. The maximum absolute atomic E-state index is 13.2. The fourth-order valence-corrected chi connectivity index (χ4v) is 7.47. The van der Waals surface area contributed by atoms with Crippen LogP contribution >= 0.6 is 0 Å². The molecule has 61 heavy (non-hydrogen) atoms. The summed E-state index contributed by atoms with van der Waals surface area (Å²) in [7, 11) is 0. The first-order valence-corrected chi connectivity index (χ1v) is 25.7. The van der Waals surface area contributed by atoms with Crippen LogP contribution in [0.4, 0.5) is 0 Å². The average Bonchev–Trinajstić information content (AvgIpc) is 3.25. The van der Waals surface area contributed by atoms with E-state index in [-0.39, 0.29) is 24.9 Å². The molecule has 0 fully saturated rings. The third-order valence-corrected chi connectivity index (χ3v) is 11.4. The van der Waals surface area contributed by atoms with E-state index in [0.717, 1.165) is 96.3 Å². The van der Waals surface area contributed by atoms with Gasteiger partial charge in [0.2, 0.25) is 5.91 Å². The Labute approximate surface area is 377 Å². The Balaban J connectivity index is 4.65. The molecule has 0 rings (SSSR count). The van der Waals surface area contributed by atoms with Crippen LogP contribution in [0.5, 0.6) is 0 Å². The van der Waals surface area contributed by atoms with Crippen molar-refractivity contribution in [3.63, 3.8) is 0 Å². The van der Waals surface area contributed by atoms with E-state index >= 15 is 0 Å². The van der Waals surface area contributed by atoms with Crippen molar-refractivity contribution in [1.29, 1.82) is 0 Å². The van der Waals surface area contributed by atoms with E-state index in [4.69, 9.17) is 4.74 Å². The molecule has 0 saturated heterocycles. The number of esters is 1. The molecule has 1 amide bonds. The van der Waals surface area contributed by atoms with Crippen LogP contribution < -0.4 is 5.32 Å². The van der Waals surface area contributed by atoms with Gasteiger partial charge in [-0.2, -0.15) is 0 Å². The number of carbonyl (C=O) groups excluding carboxylic acids is 2. The summed E-state index contributed by atoms with van der Waals surface area (Å²) in [5.74, 6) is -0.510. The molecule has 0 aliphatic rings. The zero-order valence-electron chi connectivity index (χ0n) is 40.0. The first kappa shape index (κ1) is 58.3. The van der Waals surface area contributed by atoms with Gasteiger partial charge < -0.3 is 20.3 Å². The third-order valence-electron chi connectivity index (χ3n) is 11.4. The second-order valence-electron chi connectivity index (χ2n) is 17.3. The van der Waals surface area contributed by atoms with E-state index in [1.807, 2.05) is 18.2 Å². The Morgan fingerprint density at radius 2 is 0.951 bits per heavy atom. The van der Waals surface area contributed by atoms with Gasteiger partial charge in [0.15, 0.2) is 0 Å². The number of aliphatic hydroxyl groups is 2. The average molecular weight is 852 g/mol. The van der Waals surface area contributed by atoms with Crippen molar-refractivity contribution >= 4 is 11.9 Å². The monoisotopic (exact) mass is 852 g/mol. The van der Waals surface area contributed by atoms with Crippen molar-refractivity contribution in [3.05, 3.63) is 72.9 Å². The molecule has 0 heterocycles. The summed E-state index contributed by atoms with van der Waals surface area (Å²) >= 11 is 0. The van der Waals surface area contributed by atoms with Crippen LogP contribution in [0.3, 0.4) is 0 Å². The topological polar surface area (TPSA) is 95.9 Å². The zero-order chi connectivity index (χ0) is 44.5. The predicted octanol–water partition coefficient (Wildman–Crippen LogP) is 15.4. The van der Waals surface area contributed by atoms with E-state index in [1.165, 1.54) is 96.3 Å². The first-order chi connectivity index (χ1) is 30.0. The first-order valence-electron chi connectivity index (χ1n) is 25.7. The molecule has 0 aromatic heterocycles. The number of nitrogens with one attached hydrogen (secondary N) is 1. The van der Waals surface area contributed by atoms with Gasteiger partial charge in [0, 0.05) is 6.42 Å². The SMILES string of the molecule is CC/C=C/C=C/C=C/C=C\CCCCCCCC(=O)OC(CCCCCCCCC/C=C\C/C=C\CCCCC)CC(=O)NC(CO)C(O)CCCCCCCCCCCC. The molecular weight excluding hydrogens is 755 g/mol. The lowest BCUT2D eigenvalue weighted by molar-refractivity contribution is -0.151. The zero-order valence-corrected chi connectivity index (χ0v) is 40.0. The molecule has 6 heteroatoms. The molecule has 0 aliphatic carbocycles. The van der Waals surface area contributed by atoms with E-state index in [2.05, 4.69) is 80.8 Å². The number of allylic oxidation sites excluding steroid dienone is 12. The number of rotatable bonds is 45.